The van der Waals surface area contributed by atoms with Gasteiger partial charge < -0.3 is 19.3 Å². The Bertz CT molecular complexity index is 1010. The molecule has 0 N–H and O–H groups in total. The quantitative estimate of drug-likeness (QED) is 0.475. The Balaban J connectivity index is 1.69. The van der Waals surface area contributed by atoms with Gasteiger partial charge in [-0.05, 0) is 49.4 Å². The fourth-order valence-electron chi connectivity index (χ4n) is 5.21. The Morgan fingerprint density at radius 2 is 1.66 bits per heavy atom. The van der Waals surface area contributed by atoms with Crippen LogP contribution in [0.5, 0.6) is 11.5 Å². The number of hydrogen-bond donors (Lipinski definition) is 0. The fraction of sp³-hybridized carbons (Fsp3) is 0.517. The first-order valence-corrected chi connectivity index (χ1v) is 13.0. The average molecular weight is 479 g/mol. The zero-order valence-electron chi connectivity index (χ0n) is 21.3. The van der Waals surface area contributed by atoms with Crippen LogP contribution >= 0.6 is 0 Å². The molecule has 1 atom stereocenters. The number of rotatable bonds is 8. The third-order valence-corrected chi connectivity index (χ3v) is 7.16. The molecule has 2 aliphatic rings. The molecule has 0 unspecified atom stereocenters. The predicted molar refractivity (Wildman–Crippen MR) is 136 cm³/mol. The van der Waals surface area contributed by atoms with Crippen LogP contribution in [0.1, 0.15) is 74.6 Å². The summed E-state index contributed by atoms with van der Waals surface area (Å²) in [7, 11) is 1.60. The van der Waals surface area contributed by atoms with E-state index in [9.17, 15) is 9.59 Å². The summed E-state index contributed by atoms with van der Waals surface area (Å²) in [5.41, 5.74) is 2.94. The van der Waals surface area contributed by atoms with E-state index in [1.165, 1.54) is 18.4 Å². The maximum atomic E-state index is 14.1. The third kappa shape index (κ3) is 5.80. The number of piperazine rings is 1. The maximum absolute atomic E-state index is 14.1. The number of ether oxygens (including phenoxy) is 2. The highest BCUT2D eigenvalue weighted by molar-refractivity contribution is 5.96. The molecule has 0 aromatic heterocycles. The summed E-state index contributed by atoms with van der Waals surface area (Å²) in [5.74, 6) is 1.23. The van der Waals surface area contributed by atoms with Crippen LogP contribution in [-0.2, 0) is 16.1 Å². The molecule has 0 bridgehead atoms. The zero-order chi connectivity index (χ0) is 24.8. The van der Waals surface area contributed by atoms with Crippen molar-refractivity contribution in [2.24, 2.45) is 0 Å². The summed E-state index contributed by atoms with van der Waals surface area (Å²) in [6.45, 7) is 5.23. The van der Waals surface area contributed by atoms with Crippen molar-refractivity contribution in [1.29, 1.82) is 0 Å². The largest absolute Gasteiger partial charge is 0.493 e. The molecule has 1 saturated heterocycles. The Morgan fingerprint density at radius 3 is 2.31 bits per heavy atom. The van der Waals surface area contributed by atoms with Gasteiger partial charge in [0.1, 0.15) is 12.6 Å². The van der Waals surface area contributed by atoms with Gasteiger partial charge in [0.05, 0.1) is 13.7 Å². The third-order valence-electron chi connectivity index (χ3n) is 7.16. The molecule has 1 heterocycles. The minimum atomic E-state index is -0.685. The number of aryl methyl sites for hydroxylation is 1. The van der Waals surface area contributed by atoms with E-state index >= 15 is 0 Å². The minimum Gasteiger partial charge on any atom is -0.493 e. The zero-order valence-corrected chi connectivity index (χ0v) is 21.3. The number of carbonyl (C=O) groups excluding carboxylic acids is 2. The van der Waals surface area contributed by atoms with Gasteiger partial charge in [-0.1, -0.05) is 68.5 Å². The van der Waals surface area contributed by atoms with Crippen LogP contribution in [0, 0.1) is 6.92 Å². The van der Waals surface area contributed by atoms with Gasteiger partial charge in [0, 0.05) is 12.6 Å². The van der Waals surface area contributed by atoms with Gasteiger partial charge in [0.15, 0.2) is 11.5 Å². The van der Waals surface area contributed by atoms with Crippen molar-refractivity contribution < 1.29 is 19.1 Å². The first-order chi connectivity index (χ1) is 17.0. The molecule has 6 heteroatoms. The number of nitrogens with zero attached hydrogens (tertiary/aromatic N) is 2. The van der Waals surface area contributed by atoms with E-state index in [1.54, 1.807) is 12.0 Å². The Hall–Kier alpha value is -3.02. The van der Waals surface area contributed by atoms with Gasteiger partial charge in [0.25, 0.3) is 5.91 Å². The lowest BCUT2D eigenvalue weighted by atomic mass is 9.96. The SMILES string of the molecule is CCCOc1ccc([C@H]2C(=O)N(C3CCCCCC3)CC(=O)N2Cc2ccc(C)cc2)cc1OC. The van der Waals surface area contributed by atoms with Crippen molar-refractivity contribution in [2.75, 3.05) is 20.3 Å². The normalized spacial score (nSPS) is 19.6. The lowest BCUT2D eigenvalue weighted by molar-refractivity contribution is -0.159. The lowest BCUT2D eigenvalue weighted by Crippen LogP contribution is -2.57. The van der Waals surface area contributed by atoms with Gasteiger partial charge in [-0.25, -0.2) is 0 Å². The van der Waals surface area contributed by atoms with Crippen LogP contribution in [0.2, 0.25) is 0 Å². The van der Waals surface area contributed by atoms with Crippen LogP contribution in [0.15, 0.2) is 42.5 Å². The van der Waals surface area contributed by atoms with Crippen LogP contribution in [0.4, 0.5) is 0 Å². The van der Waals surface area contributed by atoms with Crippen LogP contribution < -0.4 is 9.47 Å². The number of methoxy groups -OCH3 is 1. The first-order valence-electron chi connectivity index (χ1n) is 13.0. The van der Waals surface area contributed by atoms with E-state index in [1.807, 2.05) is 54.3 Å². The highest BCUT2D eigenvalue weighted by atomic mass is 16.5. The fourth-order valence-corrected chi connectivity index (χ4v) is 5.21. The standard InChI is InChI=1S/C29H38N2O4/c1-4-17-35-25-16-15-23(18-26(25)34-3)28-29(33)30(24-9-7-5-6-8-10-24)20-27(32)31(28)19-22-13-11-21(2)12-14-22/h11-16,18,24,28H,4-10,17,19-20H2,1-3H3/t28-/m0/s1. The van der Waals surface area contributed by atoms with E-state index in [-0.39, 0.29) is 24.4 Å². The topological polar surface area (TPSA) is 59.1 Å². The number of hydrogen-bond acceptors (Lipinski definition) is 4. The van der Waals surface area contributed by atoms with Crippen molar-refractivity contribution in [3.05, 3.63) is 59.2 Å². The predicted octanol–water partition coefficient (Wildman–Crippen LogP) is 5.43. The van der Waals surface area contributed by atoms with Gasteiger partial charge in [0.2, 0.25) is 5.91 Å². The molecule has 0 spiro atoms. The minimum absolute atomic E-state index is 0.00731. The molecule has 1 aliphatic heterocycles. The van der Waals surface area contributed by atoms with E-state index in [0.29, 0.717) is 24.7 Å². The van der Waals surface area contributed by atoms with Crippen LogP contribution in [0.25, 0.3) is 0 Å². The first kappa shape index (κ1) is 25.1. The second-order valence-corrected chi connectivity index (χ2v) is 9.78. The molecular formula is C29H38N2O4. The molecule has 1 saturated carbocycles. The van der Waals surface area contributed by atoms with Crippen molar-refractivity contribution in [3.63, 3.8) is 0 Å². The second-order valence-electron chi connectivity index (χ2n) is 9.78. The van der Waals surface area contributed by atoms with Crippen molar-refractivity contribution >= 4 is 11.8 Å². The van der Waals surface area contributed by atoms with E-state index in [2.05, 4.69) is 6.92 Å². The maximum Gasteiger partial charge on any atom is 0.250 e. The molecule has 2 amide bonds. The van der Waals surface area contributed by atoms with Crippen LogP contribution in [-0.4, -0.2) is 47.9 Å². The summed E-state index contributed by atoms with van der Waals surface area (Å²) in [6.07, 6.45) is 7.45. The molecule has 35 heavy (non-hydrogen) atoms. The Labute approximate surface area is 209 Å². The molecule has 6 nitrogen and oxygen atoms in total. The molecule has 0 radical (unpaired) electrons. The van der Waals surface area contributed by atoms with E-state index < -0.39 is 6.04 Å². The molecule has 2 aromatic carbocycles. The van der Waals surface area contributed by atoms with Crippen molar-refractivity contribution in [2.45, 2.75) is 77.4 Å². The smallest absolute Gasteiger partial charge is 0.250 e. The van der Waals surface area contributed by atoms with Gasteiger partial charge in [-0.2, -0.15) is 0 Å². The average Bonchev–Trinajstić information content (AvgIpc) is 3.16. The van der Waals surface area contributed by atoms with Crippen molar-refractivity contribution in [3.8, 4) is 11.5 Å². The summed E-state index contributed by atoms with van der Waals surface area (Å²) in [4.78, 5) is 31.2. The van der Waals surface area contributed by atoms with E-state index in [4.69, 9.17) is 9.47 Å². The molecule has 1 aliphatic carbocycles. The summed E-state index contributed by atoms with van der Waals surface area (Å²) >= 11 is 0. The lowest BCUT2D eigenvalue weighted by Gasteiger charge is -2.43. The summed E-state index contributed by atoms with van der Waals surface area (Å²) < 4.78 is 11.4. The molecule has 2 fully saturated rings. The van der Waals surface area contributed by atoms with Gasteiger partial charge in [-0.15, -0.1) is 0 Å². The number of carbonyl (C=O) groups is 2. The van der Waals surface area contributed by atoms with Crippen molar-refractivity contribution in [1.82, 2.24) is 9.80 Å². The molecule has 2 aromatic rings. The van der Waals surface area contributed by atoms with Gasteiger partial charge >= 0.3 is 0 Å². The highest BCUT2D eigenvalue weighted by Crippen LogP contribution is 2.37. The van der Waals surface area contributed by atoms with E-state index in [0.717, 1.165) is 43.2 Å². The Morgan fingerprint density at radius 1 is 0.943 bits per heavy atom. The number of amides is 2. The monoisotopic (exact) mass is 478 g/mol. The molecular weight excluding hydrogens is 440 g/mol. The second kappa shape index (κ2) is 11.6. The summed E-state index contributed by atoms with van der Waals surface area (Å²) in [5, 5.41) is 0. The summed E-state index contributed by atoms with van der Waals surface area (Å²) in [6, 6.07) is 13.2. The van der Waals surface area contributed by atoms with Crippen LogP contribution in [0.3, 0.4) is 0 Å². The Kier molecular flexibility index (Phi) is 8.32. The molecule has 4 rings (SSSR count). The highest BCUT2D eigenvalue weighted by Gasteiger charge is 2.43. The number of benzene rings is 2. The van der Waals surface area contributed by atoms with Gasteiger partial charge in [-0.3, -0.25) is 9.59 Å². The molecule has 188 valence electrons.